The molecule has 0 amide bonds. The summed E-state index contributed by atoms with van der Waals surface area (Å²) in [6.45, 7) is 0. The first-order valence-corrected chi connectivity index (χ1v) is 9.25. The lowest BCUT2D eigenvalue weighted by Gasteiger charge is -2.07. The van der Waals surface area contributed by atoms with E-state index in [4.69, 9.17) is 19.2 Å². The summed E-state index contributed by atoms with van der Waals surface area (Å²) < 4.78 is 16.1. The Morgan fingerprint density at radius 2 is 1.21 bits per heavy atom. The molecule has 5 nitrogen and oxygen atoms in total. The third kappa shape index (κ3) is 3.80. The highest BCUT2D eigenvalue weighted by atomic mass is 16.5. The first kappa shape index (κ1) is 18.6. The quantitative estimate of drug-likeness (QED) is 0.480. The normalized spacial score (nSPS) is 10.6. The van der Waals surface area contributed by atoms with Crippen molar-refractivity contribution in [2.75, 3.05) is 21.3 Å². The average Bonchev–Trinajstić information content (AvgIpc) is 3.25. The van der Waals surface area contributed by atoms with Gasteiger partial charge in [0, 0.05) is 16.7 Å². The third-order valence-corrected chi connectivity index (χ3v) is 4.77. The second-order valence-corrected chi connectivity index (χ2v) is 6.50. The average molecular weight is 386 g/mol. The Balaban J connectivity index is 1.87. The van der Waals surface area contributed by atoms with Crippen LogP contribution in [0.15, 0.2) is 72.8 Å². The van der Waals surface area contributed by atoms with E-state index in [9.17, 15) is 0 Å². The van der Waals surface area contributed by atoms with Crippen molar-refractivity contribution in [3.63, 3.8) is 0 Å². The summed E-state index contributed by atoms with van der Waals surface area (Å²) in [6, 6.07) is 23.7. The maximum atomic E-state index is 5.41. The third-order valence-electron chi connectivity index (χ3n) is 4.77. The van der Waals surface area contributed by atoms with Crippen molar-refractivity contribution in [1.82, 2.24) is 9.97 Å². The molecule has 3 aromatic carbocycles. The zero-order valence-corrected chi connectivity index (χ0v) is 16.6. The SMILES string of the molecule is COc1ccc(-c2nc(-c3cccc(OC)c3)c(-c3cccc(OC)c3)[nH]2)cc1. The van der Waals surface area contributed by atoms with Crippen LogP contribution >= 0.6 is 0 Å². The van der Waals surface area contributed by atoms with E-state index in [1.54, 1.807) is 21.3 Å². The molecular formula is C24H22N2O3. The topological polar surface area (TPSA) is 56.4 Å². The standard InChI is InChI=1S/C24H22N2O3/c1-27-19-12-10-16(11-13-19)24-25-22(17-6-4-8-20(14-17)28-2)23(26-24)18-7-5-9-21(15-18)29-3/h4-15H,1-3H3,(H,25,26). The smallest absolute Gasteiger partial charge is 0.138 e. The van der Waals surface area contributed by atoms with Crippen LogP contribution in [0.1, 0.15) is 0 Å². The molecule has 0 aliphatic heterocycles. The predicted octanol–water partition coefficient (Wildman–Crippen LogP) is 5.44. The minimum atomic E-state index is 0.781. The Hall–Kier alpha value is -3.73. The fourth-order valence-electron chi connectivity index (χ4n) is 3.23. The number of aromatic amines is 1. The molecular weight excluding hydrogens is 364 g/mol. The van der Waals surface area contributed by atoms with E-state index in [1.165, 1.54) is 0 Å². The number of ether oxygens (including phenoxy) is 3. The number of rotatable bonds is 6. The van der Waals surface area contributed by atoms with Crippen LogP contribution in [0.3, 0.4) is 0 Å². The molecule has 0 atom stereocenters. The highest BCUT2D eigenvalue weighted by molar-refractivity contribution is 5.82. The van der Waals surface area contributed by atoms with Crippen LogP contribution in [-0.2, 0) is 0 Å². The van der Waals surface area contributed by atoms with E-state index in [-0.39, 0.29) is 0 Å². The Kier molecular flexibility index (Phi) is 5.20. The molecule has 0 unspecified atom stereocenters. The van der Waals surface area contributed by atoms with E-state index in [0.717, 1.165) is 51.2 Å². The predicted molar refractivity (Wildman–Crippen MR) is 115 cm³/mol. The summed E-state index contributed by atoms with van der Waals surface area (Å²) in [5, 5.41) is 0. The van der Waals surface area contributed by atoms with E-state index < -0.39 is 0 Å². The van der Waals surface area contributed by atoms with Gasteiger partial charge in [0.15, 0.2) is 0 Å². The fraction of sp³-hybridized carbons (Fsp3) is 0.125. The van der Waals surface area contributed by atoms with Gasteiger partial charge in [-0.15, -0.1) is 0 Å². The molecule has 0 spiro atoms. The number of hydrogen-bond donors (Lipinski definition) is 1. The van der Waals surface area contributed by atoms with Crippen molar-refractivity contribution < 1.29 is 14.2 Å². The van der Waals surface area contributed by atoms with Gasteiger partial charge in [-0.05, 0) is 48.5 Å². The molecule has 0 saturated heterocycles. The van der Waals surface area contributed by atoms with Gasteiger partial charge < -0.3 is 19.2 Å². The lowest BCUT2D eigenvalue weighted by atomic mass is 10.0. The molecule has 1 aromatic heterocycles. The van der Waals surface area contributed by atoms with Crippen molar-refractivity contribution in [2.24, 2.45) is 0 Å². The van der Waals surface area contributed by atoms with Gasteiger partial charge in [-0.2, -0.15) is 0 Å². The Labute approximate surface area is 169 Å². The molecule has 0 radical (unpaired) electrons. The van der Waals surface area contributed by atoms with Crippen LogP contribution in [0.4, 0.5) is 0 Å². The summed E-state index contributed by atoms with van der Waals surface area (Å²) in [4.78, 5) is 8.41. The number of nitrogens with zero attached hydrogens (tertiary/aromatic N) is 1. The van der Waals surface area contributed by atoms with Crippen molar-refractivity contribution in [3.05, 3.63) is 72.8 Å². The number of methoxy groups -OCH3 is 3. The van der Waals surface area contributed by atoms with E-state index in [0.29, 0.717) is 0 Å². The monoisotopic (exact) mass is 386 g/mol. The van der Waals surface area contributed by atoms with Crippen molar-refractivity contribution >= 4 is 0 Å². The maximum Gasteiger partial charge on any atom is 0.138 e. The van der Waals surface area contributed by atoms with Crippen LogP contribution in [0.2, 0.25) is 0 Å². The molecule has 1 heterocycles. The van der Waals surface area contributed by atoms with Gasteiger partial charge in [0.2, 0.25) is 0 Å². The molecule has 0 aliphatic rings. The van der Waals surface area contributed by atoms with Gasteiger partial charge in [0.1, 0.15) is 23.1 Å². The van der Waals surface area contributed by atoms with Gasteiger partial charge in [0.05, 0.1) is 32.7 Å². The van der Waals surface area contributed by atoms with Crippen LogP contribution in [0.5, 0.6) is 17.2 Å². The molecule has 0 saturated carbocycles. The number of nitrogens with one attached hydrogen (secondary N) is 1. The van der Waals surface area contributed by atoms with E-state index >= 15 is 0 Å². The Morgan fingerprint density at radius 3 is 1.83 bits per heavy atom. The van der Waals surface area contributed by atoms with Gasteiger partial charge in [-0.25, -0.2) is 4.98 Å². The minimum Gasteiger partial charge on any atom is -0.497 e. The van der Waals surface area contributed by atoms with Crippen LogP contribution in [0, 0.1) is 0 Å². The number of hydrogen-bond acceptors (Lipinski definition) is 4. The van der Waals surface area contributed by atoms with Gasteiger partial charge in [0.25, 0.3) is 0 Å². The second-order valence-electron chi connectivity index (χ2n) is 6.50. The molecule has 4 aromatic rings. The van der Waals surface area contributed by atoms with Crippen molar-refractivity contribution in [2.45, 2.75) is 0 Å². The summed E-state index contributed by atoms with van der Waals surface area (Å²) >= 11 is 0. The van der Waals surface area contributed by atoms with Gasteiger partial charge in [-0.1, -0.05) is 24.3 Å². The van der Waals surface area contributed by atoms with Crippen LogP contribution in [0.25, 0.3) is 33.9 Å². The molecule has 0 bridgehead atoms. The summed E-state index contributed by atoms with van der Waals surface area (Å²) in [7, 11) is 4.98. The van der Waals surface area contributed by atoms with E-state index in [1.807, 2.05) is 72.8 Å². The van der Waals surface area contributed by atoms with Gasteiger partial charge in [-0.3, -0.25) is 0 Å². The lowest BCUT2D eigenvalue weighted by molar-refractivity contribution is 0.415. The highest BCUT2D eigenvalue weighted by Gasteiger charge is 2.16. The molecule has 4 rings (SSSR count). The highest BCUT2D eigenvalue weighted by Crippen LogP contribution is 2.35. The Morgan fingerprint density at radius 1 is 0.621 bits per heavy atom. The number of aromatic nitrogens is 2. The summed E-state index contributed by atoms with van der Waals surface area (Å²) in [5.41, 5.74) is 4.71. The number of benzene rings is 3. The number of H-pyrrole nitrogens is 1. The van der Waals surface area contributed by atoms with Crippen molar-refractivity contribution in [1.29, 1.82) is 0 Å². The molecule has 29 heavy (non-hydrogen) atoms. The van der Waals surface area contributed by atoms with Crippen LogP contribution < -0.4 is 14.2 Å². The first-order valence-electron chi connectivity index (χ1n) is 9.25. The van der Waals surface area contributed by atoms with Crippen LogP contribution in [-0.4, -0.2) is 31.3 Å². The first-order chi connectivity index (χ1) is 14.2. The molecule has 1 N–H and O–H groups in total. The lowest BCUT2D eigenvalue weighted by Crippen LogP contribution is -1.88. The largest absolute Gasteiger partial charge is 0.497 e. The van der Waals surface area contributed by atoms with Gasteiger partial charge >= 0.3 is 0 Å². The fourth-order valence-corrected chi connectivity index (χ4v) is 3.23. The number of imidazole rings is 1. The summed E-state index contributed by atoms with van der Waals surface area (Å²) in [5.74, 6) is 3.16. The molecule has 146 valence electrons. The summed E-state index contributed by atoms with van der Waals surface area (Å²) in [6.07, 6.45) is 0. The molecule has 0 aliphatic carbocycles. The molecule has 5 heteroatoms. The maximum absolute atomic E-state index is 5.41. The Bertz CT molecular complexity index is 1050. The second kappa shape index (κ2) is 8.10. The van der Waals surface area contributed by atoms with Crippen molar-refractivity contribution in [3.8, 4) is 51.2 Å². The zero-order valence-electron chi connectivity index (χ0n) is 16.6. The molecule has 0 fully saturated rings. The zero-order chi connectivity index (χ0) is 20.2. The minimum absolute atomic E-state index is 0.781. The van der Waals surface area contributed by atoms with E-state index in [2.05, 4.69) is 4.98 Å².